The molecule has 1 N–H and O–H groups in total. The number of benzene rings is 2. The third-order valence-corrected chi connectivity index (χ3v) is 7.26. The molecular weight excluding hydrogens is 411 g/mol. The van der Waals surface area contributed by atoms with E-state index in [1.807, 2.05) is 18.2 Å². The number of hydrogen-bond acceptors (Lipinski definition) is 5. The summed E-state index contributed by atoms with van der Waals surface area (Å²) < 4.78 is 50.8. The minimum Gasteiger partial charge on any atom is -0.486 e. The number of rotatable bonds is 5. The third-order valence-electron chi connectivity index (χ3n) is 5.35. The second-order valence-electron chi connectivity index (χ2n) is 7.33. The van der Waals surface area contributed by atoms with Crippen LogP contribution in [-0.4, -0.2) is 44.9 Å². The maximum absolute atomic E-state index is 13.1. The molecule has 0 bridgehead atoms. The fraction of sp³-hybridized carbons (Fsp3) is 0.381. The topological polar surface area (TPSA) is 84.9 Å². The molecule has 1 fully saturated rings. The summed E-state index contributed by atoms with van der Waals surface area (Å²) in [5, 5.41) is 2.92. The van der Waals surface area contributed by atoms with E-state index in [9.17, 15) is 17.6 Å². The van der Waals surface area contributed by atoms with Crippen molar-refractivity contribution in [3.05, 3.63) is 53.8 Å². The van der Waals surface area contributed by atoms with E-state index in [1.165, 1.54) is 16.4 Å². The highest BCUT2D eigenvalue weighted by Crippen LogP contribution is 2.31. The van der Waals surface area contributed by atoms with E-state index in [2.05, 4.69) is 5.32 Å². The van der Waals surface area contributed by atoms with Crippen molar-refractivity contribution in [3.63, 3.8) is 0 Å². The second kappa shape index (κ2) is 8.61. The van der Waals surface area contributed by atoms with Gasteiger partial charge in [0.15, 0.2) is 11.5 Å². The highest BCUT2D eigenvalue weighted by molar-refractivity contribution is 7.89. The van der Waals surface area contributed by atoms with Gasteiger partial charge in [0.05, 0.1) is 4.90 Å². The van der Waals surface area contributed by atoms with Gasteiger partial charge in [-0.15, -0.1) is 0 Å². The standard InChI is InChI=1S/C21H23FN2O5S/c22-17-2-4-18(5-3-17)30(26,27)24-9-7-16(8-10-24)21(25)23-14-15-1-6-19-20(13-15)29-12-11-28-19/h1-6,13,16H,7-12,14H2,(H,23,25). The summed E-state index contributed by atoms with van der Waals surface area (Å²) in [7, 11) is -3.68. The Bertz CT molecular complexity index is 1020. The van der Waals surface area contributed by atoms with Gasteiger partial charge in [-0.3, -0.25) is 4.79 Å². The molecule has 2 aliphatic rings. The molecule has 9 heteroatoms. The Morgan fingerprint density at radius 1 is 1.03 bits per heavy atom. The predicted molar refractivity (Wildman–Crippen MR) is 107 cm³/mol. The van der Waals surface area contributed by atoms with Crippen LogP contribution in [0.4, 0.5) is 4.39 Å². The molecule has 2 aliphatic heterocycles. The molecule has 2 heterocycles. The number of piperidine rings is 1. The maximum Gasteiger partial charge on any atom is 0.243 e. The molecule has 0 spiro atoms. The summed E-state index contributed by atoms with van der Waals surface area (Å²) in [5.74, 6) is 0.548. The first-order valence-corrected chi connectivity index (χ1v) is 11.3. The number of amides is 1. The lowest BCUT2D eigenvalue weighted by Crippen LogP contribution is -2.42. The van der Waals surface area contributed by atoms with Crippen molar-refractivity contribution < 1.29 is 27.1 Å². The average molecular weight is 434 g/mol. The van der Waals surface area contributed by atoms with E-state index in [1.54, 1.807) is 0 Å². The van der Waals surface area contributed by atoms with Crippen LogP contribution in [0, 0.1) is 11.7 Å². The van der Waals surface area contributed by atoms with Crippen molar-refractivity contribution in [1.29, 1.82) is 0 Å². The zero-order chi connectivity index (χ0) is 21.1. The van der Waals surface area contributed by atoms with E-state index in [0.29, 0.717) is 44.1 Å². The summed E-state index contributed by atoms with van der Waals surface area (Å²) in [6.07, 6.45) is 0.876. The van der Waals surface area contributed by atoms with Crippen molar-refractivity contribution >= 4 is 15.9 Å². The molecule has 30 heavy (non-hydrogen) atoms. The molecule has 0 saturated carbocycles. The van der Waals surface area contributed by atoms with Crippen molar-refractivity contribution in [2.45, 2.75) is 24.3 Å². The van der Waals surface area contributed by atoms with Gasteiger partial charge in [-0.05, 0) is 54.8 Å². The van der Waals surface area contributed by atoms with Gasteiger partial charge in [-0.1, -0.05) is 6.07 Å². The van der Waals surface area contributed by atoms with Crippen LogP contribution in [0.3, 0.4) is 0 Å². The first-order chi connectivity index (χ1) is 14.4. The lowest BCUT2D eigenvalue weighted by Gasteiger charge is -2.30. The number of ether oxygens (including phenoxy) is 2. The van der Waals surface area contributed by atoms with Gasteiger partial charge < -0.3 is 14.8 Å². The zero-order valence-corrected chi connectivity index (χ0v) is 17.2. The summed E-state index contributed by atoms with van der Waals surface area (Å²) in [4.78, 5) is 12.6. The summed E-state index contributed by atoms with van der Waals surface area (Å²) >= 11 is 0. The minimum atomic E-state index is -3.68. The zero-order valence-electron chi connectivity index (χ0n) is 16.3. The number of nitrogens with one attached hydrogen (secondary N) is 1. The number of halogens is 1. The highest BCUT2D eigenvalue weighted by Gasteiger charge is 2.32. The number of carbonyl (C=O) groups is 1. The Hall–Kier alpha value is -2.65. The first kappa shape index (κ1) is 20.6. The van der Waals surface area contributed by atoms with Gasteiger partial charge in [-0.25, -0.2) is 12.8 Å². The van der Waals surface area contributed by atoms with Crippen molar-refractivity contribution in [2.24, 2.45) is 5.92 Å². The Labute approximate surface area is 174 Å². The molecule has 0 atom stereocenters. The van der Waals surface area contributed by atoms with Gasteiger partial charge in [0.1, 0.15) is 19.0 Å². The largest absolute Gasteiger partial charge is 0.486 e. The van der Waals surface area contributed by atoms with Crippen LogP contribution in [0.1, 0.15) is 18.4 Å². The van der Waals surface area contributed by atoms with Crippen LogP contribution in [0.25, 0.3) is 0 Å². The van der Waals surface area contributed by atoms with E-state index < -0.39 is 15.8 Å². The fourth-order valence-corrected chi connectivity index (χ4v) is 5.11. The van der Waals surface area contributed by atoms with E-state index >= 15 is 0 Å². The molecule has 0 radical (unpaired) electrons. The predicted octanol–water partition coefficient (Wildman–Crippen LogP) is 2.31. The maximum atomic E-state index is 13.1. The van der Waals surface area contributed by atoms with Gasteiger partial charge in [0, 0.05) is 25.6 Å². The van der Waals surface area contributed by atoms with Gasteiger partial charge in [0.2, 0.25) is 15.9 Å². The first-order valence-electron chi connectivity index (χ1n) is 9.85. The molecule has 1 saturated heterocycles. The quantitative estimate of drug-likeness (QED) is 0.781. The van der Waals surface area contributed by atoms with Gasteiger partial charge in [0.25, 0.3) is 0 Å². The Balaban J connectivity index is 1.30. The SMILES string of the molecule is O=C(NCc1ccc2c(c1)OCCO2)C1CCN(S(=O)(=O)c2ccc(F)cc2)CC1. The monoisotopic (exact) mass is 434 g/mol. The molecule has 0 aromatic heterocycles. The summed E-state index contributed by atoms with van der Waals surface area (Å²) in [6, 6.07) is 10.3. The molecule has 0 unspecified atom stereocenters. The number of nitrogens with zero attached hydrogens (tertiary/aromatic N) is 1. The third kappa shape index (κ3) is 4.41. The smallest absolute Gasteiger partial charge is 0.243 e. The van der Waals surface area contributed by atoms with Crippen LogP contribution < -0.4 is 14.8 Å². The Morgan fingerprint density at radius 3 is 2.40 bits per heavy atom. The molecule has 0 aliphatic carbocycles. The molecule has 160 valence electrons. The van der Waals surface area contributed by atoms with E-state index in [4.69, 9.17) is 9.47 Å². The van der Waals surface area contributed by atoms with Crippen LogP contribution in [-0.2, 0) is 21.4 Å². The van der Waals surface area contributed by atoms with E-state index in [0.717, 1.165) is 17.7 Å². The number of fused-ring (bicyclic) bond motifs is 1. The second-order valence-corrected chi connectivity index (χ2v) is 9.27. The Morgan fingerprint density at radius 2 is 1.70 bits per heavy atom. The van der Waals surface area contributed by atoms with Crippen molar-refractivity contribution in [1.82, 2.24) is 9.62 Å². The van der Waals surface area contributed by atoms with Crippen molar-refractivity contribution in [3.8, 4) is 11.5 Å². The molecule has 4 rings (SSSR count). The fourth-order valence-electron chi connectivity index (χ4n) is 3.65. The number of hydrogen-bond donors (Lipinski definition) is 1. The lowest BCUT2D eigenvalue weighted by molar-refractivity contribution is -0.126. The normalized spacial score (nSPS) is 17.5. The van der Waals surface area contributed by atoms with Gasteiger partial charge in [-0.2, -0.15) is 4.31 Å². The average Bonchev–Trinajstić information content (AvgIpc) is 2.77. The summed E-state index contributed by atoms with van der Waals surface area (Å²) in [6.45, 7) is 1.90. The molecule has 2 aromatic rings. The van der Waals surface area contributed by atoms with Crippen LogP contribution in [0.15, 0.2) is 47.4 Å². The molecule has 2 aromatic carbocycles. The molecular formula is C21H23FN2O5S. The van der Waals surface area contributed by atoms with Gasteiger partial charge >= 0.3 is 0 Å². The molecule has 1 amide bonds. The Kier molecular flexibility index (Phi) is 5.92. The number of sulfonamides is 1. The number of carbonyl (C=O) groups excluding carboxylic acids is 1. The summed E-state index contributed by atoms with van der Waals surface area (Å²) in [5.41, 5.74) is 0.906. The van der Waals surface area contributed by atoms with E-state index in [-0.39, 0.29) is 29.8 Å². The molecule has 7 nitrogen and oxygen atoms in total. The van der Waals surface area contributed by atoms with Crippen LogP contribution in [0.5, 0.6) is 11.5 Å². The lowest BCUT2D eigenvalue weighted by atomic mass is 9.97. The highest BCUT2D eigenvalue weighted by atomic mass is 32.2. The minimum absolute atomic E-state index is 0.0606. The van der Waals surface area contributed by atoms with Crippen molar-refractivity contribution in [2.75, 3.05) is 26.3 Å². The van der Waals surface area contributed by atoms with Crippen LogP contribution in [0.2, 0.25) is 0 Å². The van der Waals surface area contributed by atoms with Crippen LogP contribution >= 0.6 is 0 Å².